The van der Waals surface area contributed by atoms with Gasteiger partial charge in [0.05, 0.1) is 11.3 Å². The molecule has 1 N–H and O–H groups in total. The maximum atomic E-state index is 10.8. The van der Waals surface area contributed by atoms with Crippen LogP contribution in [0.3, 0.4) is 0 Å². The molecule has 0 spiro atoms. The molecule has 0 bridgehead atoms. The van der Waals surface area contributed by atoms with E-state index in [-0.39, 0.29) is 11.3 Å². The van der Waals surface area contributed by atoms with Gasteiger partial charge in [-0.05, 0) is 23.7 Å². The van der Waals surface area contributed by atoms with Crippen molar-refractivity contribution in [3.05, 3.63) is 29.8 Å². The number of benzene rings is 1. The Labute approximate surface area is 81.6 Å². The third-order valence-corrected chi connectivity index (χ3v) is 1.98. The van der Waals surface area contributed by atoms with E-state index in [0.717, 1.165) is 0 Å². The molecule has 0 saturated heterocycles. The van der Waals surface area contributed by atoms with Crippen LogP contribution in [0.2, 0.25) is 0 Å². The molecule has 0 heterocycles. The fourth-order valence-corrected chi connectivity index (χ4v) is 1.41. The maximum Gasteiger partial charge on any atom is 0.254 e. The van der Waals surface area contributed by atoms with E-state index in [1.54, 1.807) is 12.1 Å². The molecule has 0 atom stereocenters. The standard InChI is InChI=1S/C7H6ClNO3S/c8-7(10)5-3-1-2-4-6(5)9-13(11)12/h1-4,13H,(H,9,11,12). The smallest absolute Gasteiger partial charge is 0.254 e. The Hall–Kier alpha value is -1.07. The second kappa shape index (κ2) is 4.25. The molecule has 0 amide bonds. The van der Waals surface area contributed by atoms with E-state index in [2.05, 4.69) is 4.72 Å². The molecule has 4 nitrogen and oxygen atoms in total. The van der Waals surface area contributed by atoms with Crippen LogP contribution < -0.4 is 4.72 Å². The zero-order valence-corrected chi connectivity index (χ0v) is 8.01. The second-order valence-corrected chi connectivity index (χ2v) is 3.27. The molecule has 1 rings (SSSR count). The summed E-state index contributed by atoms with van der Waals surface area (Å²) in [5.74, 6) is 0. The first-order valence-corrected chi connectivity index (χ1v) is 4.86. The highest BCUT2D eigenvalue weighted by atomic mass is 35.5. The summed E-state index contributed by atoms with van der Waals surface area (Å²) in [5, 5.41) is -0.694. The van der Waals surface area contributed by atoms with Gasteiger partial charge < -0.3 is 0 Å². The summed E-state index contributed by atoms with van der Waals surface area (Å²) in [5.41, 5.74) is 0.335. The van der Waals surface area contributed by atoms with Crippen molar-refractivity contribution in [2.75, 3.05) is 4.72 Å². The van der Waals surface area contributed by atoms with Crippen LogP contribution in [-0.2, 0) is 10.9 Å². The molecule has 1 aromatic rings. The highest BCUT2D eigenvalue weighted by molar-refractivity contribution is 7.73. The van der Waals surface area contributed by atoms with Gasteiger partial charge in [-0.1, -0.05) is 12.1 Å². The molecule has 0 saturated carbocycles. The Morgan fingerprint density at radius 2 is 1.92 bits per heavy atom. The minimum atomic E-state index is -2.78. The number of para-hydroxylation sites is 1. The normalized spacial score (nSPS) is 10.0. The summed E-state index contributed by atoms with van der Waals surface area (Å²) in [6, 6.07) is 6.10. The predicted molar refractivity (Wildman–Crippen MR) is 50.6 cm³/mol. The van der Waals surface area contributed by atoms with Crippen LogP contribution >= 0.6 is 11.6 Å². The van der Waals surface area contributed by atoms with Gasteiger partial charge in [0.25, 0.3) is 5.24 Å². The summed E-state index contributed by atoms with van der Waals surface area (Å²) >= 11 is 5.22. The molecule has 70 valence electrons. The molecular formula is C7H6ClNO3S. The van der Waals surface area contributed by atoms with E-state index in [1.165, 1.54) is 12.1 Å². The van der Waals surface area contributed by atoms with Crippen molar-refractivity contribution in [1.82, 2.24) is 0 Å². The van der Waals surface area contributed by atoms with Gasteiger partial charge >= 0.3 is 0 Å². The number of hydrogen-bond donors (Lipinski definition) is 2. The van der Waals surface area contributed by atoms with E-state index < -0.39 is 16.1 Å². The first kappa shape index (κ1) is 10.0. The monoisotopic (exact) mass is 219 g/mol. The van der Waals surface area contributed by atoms with Gasteiger partial charge in [0.15, 0.2) is 0 Å². The minimum absolute atomic E-state index is 0.142. The molecule has 0 aliphatic carbocycles. The molecule has 0 radical (unpaired) electrons. The topological polar surface area (TPSA) is 63.2 Å². The lowest BCUT2D eigenvalue weighted by atomic mass is 10.2. The average molecular weight is 220 g/mol. The van der Waals surface area contributed by atoms with Crippen molar-refractivity contribution in [3.8, 4) is 0 Å². The molecule has 13 heavy (non-hydrogen) atoms. The van der Waals surface area contributed by atoms with Crippen molar-refractivity contribution in [3.63, 3.8) is 0 Å². The van der Waals surface area contributed by atoms with Gasteiger partial charge in [-0.3, -0.25) is 9.52 Å². The number of carbonyl (C=O) groups excluding carboxylic acids is 1. The van der Waals surface area contributed by atoms with Crippen molar-refractivity contribution in [1.29, 1.82) is 0 Å². The molecule has 0 aliphatic heterocycles. The van der Waals surface area contributed by atoms with Crippen molar-refractivity contribution in [2.24, 2.45) is 0 Å². The Morgan fingerprint density at radius 3 is 2.46 bits per heavy atom. The SMILES string of the molecule is O=C(Cl)c1ccccc1N[SH](=O)=O. The average Bonchev–Trinajstić information content (AvgIpc) is 2.03. The largest absolute Gasteiger partial charge is 0.285 e. The Kier molecular flexibility index (Phi) is 3.27. The quantitative estimate of drug-likeness (QED) is 0.589. The lowest BCUT2D eigenvalue weighted by molar-refractivity contribution is 0.108. The molecule has 0 aliphatic rings. The number of rotatable bonds is 3. The van der Waals surface area contributed by atoms with Crippen LogP contribution in [0.15, 0.2) is 24.3 Å². The van der Waals surface area contributed by atoms with Crippen LogP contribution in [0.5, 0.6) is 0 Å². The lowest BCUT2D eigenvalue weighted by Gasteiger charge is -2.02. The third kappa shape index (κ3) is 2.71. The highest BCUT2D eigenvalue weighted by Crippen LogP contribution is 2.16. The number of anilines is 1. The summed E-state index contributed by atoms with van der Waals surface area (Å²) in [6.07, 6.45) is 0. The van der Waals surface area contributed by atoms with E-state index in [1.807, 2.05) is 0 Å². The molecule has 0 fully saturated rings. The Bertz CT molecular complexity index is 394. The summed E-state index contributed by atoms with van der Waals surface area (Å²) in [4.78, 5) is 10.8. The lowest BCUT2D eigenvalue weighted by Crippen LogP contribution is -2.01. The number of halogens is 1. The number of nitrogens with one attached hydrogen (secondary N) is 1. The first-order chi connectivity index (χ1) is 6.11. The predicted octanol–water partition coefficient (Wildman–Crippen LogP) is 1.00. The third-order valence-electron chi connectivity index (χ3n) is 1.35. The summed E-state index contributed by atoms with van der Waals surface area (Å²) in [7, 11) is -2.78. The second-order valence-electron chi connectivity index (χ2n) is 2.19. The highest BCUT2D eigenvalue weighted by Gasteiger charge is 2.07. The molecule has 0 unspecified atom stereocenters. The van der Waals surface area contributed by atoms with E-state index >= 15 is 0 Å². The molecule has 1 aromatic carbocycles. The molecular weight excluding hydrogens is 214 g/mol. The van der Waals surface area contributed by atoms with Crippen molar-refractivity contribution in [2.45, 2.75) is 0 Å². The Morgan fingerprint density at radius 1 is 1.31 bits per heavy atom. The molecule has 0 aromatic heterocycles. The fraction of sp³-hybridized carbons (Fsp3) is 0. The van der Waals surface area contributed by atoms with Crippen LogP contribution in [0.25, 0.3) is 0 Å². The van der Waals surface area contributed by atoms with E-state index in [9.17, 15) is 13.2 Å². The fourth-order valence-electron chi connectivity index (χ4n) is 0.850. The Balaban J connectivity index is 3.11. The van der Waals surface area contributed by atoms with Gasteiger partial charge in [-0.2, -0.15) is 0 Å². The minimum Gasteiger partial charge on any atom is -0.285 e. The zero-order chi connectivity index (χ0) is 9.84. The maximum absolute atomic E-state index is 10.8. The number of carbonyl (C=O) groups is 1. The van der Waals surface area contributed by atoms with Crippen molar-refractivity contribution < 1.29 is 13.2 Å². The van der Waals surface area contributed by atoms with Crippen molar-refractivity contribution >= 4 is 33.4 Å². The number of hydrogen-bond acceptors (Lipinski definition) is 3. The summed E-state index contributed by atoms with van der Waals surface area (Å²) in [6.45, 7) is 0. The van der Waals surface area contributed by atoms with E-state index in [0.29, 0.717) is 0 Å². The first-order valence-electron chi connectivity index (χ1n) is 3.31. The summed E-state index contributed by atoms with van der Waals surface area (Å²) < 4.78 is 22.7. The van der Waals surface area contributed by atoms with Crippen LogP contribution in [0.1, 0.15) is 10.4 Å². The van der Waals surface area contributed by atoms with Crippen LogP contribution in [0, 0.1) is 0 Å². The van der Waals surface area contributed by atoms with Gasteiger partial charge in [-0.25, -0.2) is 8.42 Å². The van der Waals surface area contributed by atoms with Crippen LogP contribution in [0.4, 0.5) is 5.69 Å². The van der Waals surface area contributed by atoms with Crippen LogP contribution in [-0.4, -0.2) is 13.7 Å². The zero-order valence-electron chi connectivity index (χ0n) is 6.36. The van der Waals surface area contributed by atoms with E-state index in [4.69, 9.17) is 11.6 Å². The van der Waals surface area contributed by atoms with Gasteiger partial charge in [-0.15, -0.1) is 0 Å². The van der Waals surface area contributed by atoms with Gasteiger partial charge in [0.1, 0.15) is 0 Å². The number of thiol groups is 1. The molecule has 6 heteroatoms. The van der Waals surface area contributed by atoms with Gasteiger partial charge in [0.2, 0.25) is 10.9 Å². The van der Waals surface area contributed by atoms with Gasteiger partial charge in [0, 0.05) is 0 Å².